The molecule has 1 aromatic heterocycles. The van der Waals surface area contributed by atoms with Crippen molar-refractivity contribution in [1.29, 1.82) is 0 Å². The van der Waals surface area contributed by atoms with Crippen LogP contribution >= 0.6 is 11.3 Å². The van der Waals surface area contributed by atoms with Crippen molar-refractivity contribution in [3.8, 4) is 32.7 Å². The van der Waals surface area contributed by atoms with Gasteiger partial charge in [-0.05, 0) is 97.2 Å². The minimum Gasteiger partial charge on any atom is -0.310 e. The molecule has 11 rings (SSSR count). The van der Waals surface area contributed by atoms with Crippen molar-refractivity contribution in [3.05, 3.63) is 247 Å². The fourth-order valence-electron chi connectivity index (χ4n) is 9.32. The molecule has 0 saturated heterocycles. The molecule has 2 heteroatoms. The van der Waals surface area contributed by atoms with Crippen LogP contribution in [-0.2, 0) is 5.41 Å². The van der Waals surface area contributed by atoms with Gasteiger partial charge in [0.25, 0.3) is 0 Å². The Morgan fingerprint density at radius 1 is 0.368 bits per heavy atom. The van der Waals surface area contributed by atoms with Crippen LogP contribution in [0.5, 0.6) is 0 Å². The average Bonchev–Trinajstić information content (AvgIpc) is 3.82. The summed E-state index contributed by atoms with van der Waals surface area (Å²) in [6.07, 6.45) is 0. The van der Waals surface area contributed by atoms with E-state index in [1.807, 2.05) is 11.3 Å². The quantitative estimate of drug-likeness (QED) is 0.157. The maximum Gasteiger partial charge on any atom is 0.0734 e. The van der Waals surface area contributed by atoms with E-state index in [1.54, 1.807) is 0 Å². The summed E-state index contributed by atoms with van der Waals surface area (Å²) < 4.78 is 1.32. The van der Waals surface area contributed by atoms with Gasteiger partial charge in [-0.15, -0.1) is 11.3 Å². The van der Waals surface area contributed by atoms with E-state index in [-0.39, 0.29) is 0 Å². The van der Waals surface area contributed by atoms with Crippen molar-refractivity contribution in [2.24, 2.45) is 0 Å². The third-order valence-electron chi connectivity index (χ3n) is 11.7. The SMILES string of the molecule is c1ccc(-c2ccc(N(c3cccc(-c4cccc5c4C(c4ccccc4)(c4ccccc4)c4c-5sc5ccccc45)c3)c3cccc4ccccc34)cc2)cc1. The van der Waals surface area contributed by atoms with Crippen LogP contribution in [0.4, 0.5) is 17.1 Å². The summed E-state index contributed by atoms with van der Waals surface area (Å²) >= 11 is 1.92. The summed E-state index contributed by atoms with van der Waals surface area (Å²) in [6, 6.07) is 82.4. The molecule has 0 aliphatic heterocycles. The van der Waals surface area contributed by atoms with Gasteiger partial charge in [0.2, 0.25) is 0 Å². The highest BCUT2D eigenvalue weighted by atomic mass is 32.1. The third-order valence-corrected chi connectivity index (χ3v) is 12.9. The molecular weight excluding hydrogens is 707 g/mol. The van der Waals surface area contributed by atoms with Gasteiger partial charge in [-0.25, -0.2) is 0 Å². The number of hydrogen-bond donors (Lipinski definition) is 0. The molecule has 0 N–H and O–H groups in total. The van der Waals surface area contributed by atoms with Crippen molar-refractivity contribution >= 4 is 49.3 Å². The lowest BCUT2D eigenvalue weighted by molar-refractivity contribution is 0.778. The Morgan fingerprint density at radius 2 is 0.930 bits per heavy atom. The van der Waals surface area contributed by atoms with Crippen molar-refractivity contribution in [3.63, 3.8) is 0 Å². The van der Waals surface area contributed by atoms with Crippen LogP contribution in [0.1, 0.15) is 22.3 Å². The third kappa shape index (κ3) is 5.29. The molecule has 9 aromatic carbocycles. The van der Waals surface area contributed by atoms with Crippen molar-refractivity contribution < 1.29 is 0 Å². The smallest absolute Gasteiger partial charge is 0.0734 e. The Balaban J connectivity index is 1.16. The Morgan fingerprint density at radius 3 is 1.68 bits per heavy atom. The zero-order chi connectivity index (χ0) is 37.8. The van der Waals surface area contributed by atoms with Gasteiger partial charge >= 0.3 is 0 Å². The molecule has 0 unspecified atom stereocenters. The Labute approximate surface area is 337 Å². The highest BCUT2D eigenvalue weighted by molar-refractivity contribution is 7.22. The second-order valence-corrected chi connectivity index (χ2v) is 15.9. The van der Waals surface area contributed by atoms with Gasteiger partial charge < -0.3 is 4.90 Å². The molecule has 0 atom stereocenters. The Bertz CT molecular complexity index is 3010. The van der Waals surface area contributed by atoms with E-state index in [0.29, 0.717) is 0 Å². The van der Waals surface area contributed by atoms with Gasteiger partial charge in [-0.3, -0.25) is 0 Å². The second kappa shape index (κ2) is 13.6. The normalized spacial score (nSPS) is 12.7. The van der Waals surface area contributed by atoms with Crippen LogP contribution in [0.15, 0.2) is 224 Å². The molecule has 0 radical (unpaired) electrons. The van der Waals surface area contributed by atoms with Gasteiger partial charge in [0.05, 0.1) is 11.1 Å². The predicted octanol–water partition coefficient (Wildman–Crippen LogP) is 15.2. The number of thiophene rings is 1. The van der Waals surface area contributed by atoms with Crippen LogP contribution in [0.25, 0.3) is 53.6 Å². The standard InChI is InChI=1S/C55H37NS/c1-4-17-38(18-5-1)39-33-35-44(36-34-39)56(50-31-15-20-40-19-10-11-27-46(40)50)45-26-14-21-41(37-45)47-29-16-30-49-52(47)55(42-22-6-2-7-23-42,43-24-8-3-9-25-43)53-48-28-12-13-32-51(48)57-54(49)53/h1-37H. The Kier molecular flexibility index (Phi) is 7.98. The van der Waals surface area contributed by atoms with Gasteiger partial charge in [0.1, 0.15) is 0 Å². The number of hydrogen-bond acceptors (Lipinski definition) is 2. The maximum atomic E-state index is 2.43. The summed E-state index contributed by atoms with van der Waals surface area (Å²) in [5.74, 6) is 0. The first kappa shape index (κ1) is 33.3. The van der Waals surface area contributed by atoms with Crippen LogP contribution in [0, 0.1) is 0 Å². The first-order valence-electron chi connectivity index (χ1n) is 19.6. The molecule has 1 heterocycles. The largest absolute Gasteiger partial charge is 0.310 e. The van der Waals surface area contributed by atoms with Gasteiger partial charge in [0, 0.05) is 26.3 Å². The minimum atomic E-state index is -0.526. The molecule has 0 saturated carbocycles. The molecule has 0 fully saturated rings. The van der Waals surface area contributed by atoms with Crippen molar-refractivity contribution in [2.45, 2.75) is 5.41 Å². The van der Waals surface area contributed by atoms with E-state index in [1.165, 1.54) is 75.8 Å². The highest BCUT2D eigenvalue weighted by Gasteiger charge is 2.49. The van der Waals surface area contributed by atoms with Crippen molar-refractivity contribution in [1.82, 2.24) is 0 Å². The van der Waals surface area contributed by atoms with Crippen molar-refractivity contribution in [2.75, 3.05) is 4.90 Å². The van der Waals surface area contributed by atoms with E-state index in [9.17, 15) is 0 Å². The minimum absolute atomic E-state index is 0.526. The van der Waals surface area contributed by atoms with E-state index < -0.39 is 5.41 Å². The van der Waals surface area contributed by atoms with Crippen LogP contribution in [-0.4, -0.2) is 0 Å². The van der Waals surface area contributed by atoms with E-state index in [2.05, 4.69) is 229 Å². The molecule has 0 amide bonds. The number of fused-ring (bicyclic) bond motifs is 6. The van der Waals surface area contributed by atoms with E-state index >= 15 is 0 Å². The monoisotopic (exact) mass is 743 g/mol. The summed E-state index contributed by atoms with van der Waals surface area (Å²) in [5.41, 5.74) is 14.3. The van der Waals surface area contributed by atoms with Crippen LogP contribution in [0.2, 0.25) is 0 Å². The summed E-state index contributed by atoms with van der Waals surface area (Å²) in [5, 5.41) is 3.75. The second-order valence-electron chi connectivity index (χ2n) is 14.8. The summed E-state index contributed by atoms with van der Waals surface area (Å²) in [7, 11) is 0. The molecule has 0 spiro atoms. The first-order valence-corrected chi connectivity index (χ1v) is 20.4. The maximum absolute atomic E-state index is 2.43. The lowest BCUT2D eigenvalue weighted by Gasteiger charge is -2.35. The molecule has 1 nitrogen and oxygen atoms in total. The topological polar surface area (TPSA) is 3.24 Å². The lowest BCUT2D eigenvalue weighted by Crippen LogP contribution is -2.29. The van der Waals surface area contributed by atoms with Gasteiger partial charge in [0.15, 0.2) is 0 Å². The van der Waals surface area contributed by atoms with E-state index in [4.69, 9.17) is 0 Å². The fourth-order valence-corrected chi connectivity index (χ4v) is 10.6. The first-order chi connectivity index (χ1) is 28.3. The lowest BCUT2D eigenvalue weighted by atomic mass is 9.65. The summed E-state index contributed by atoms with van der Waals surface area (Å²) in [4.78, 5) is 3.78. The highest BCUT2D eigenvalue weighted by Crippen LogP contribution is 2.63. The summed E-state index contributed by atoms with van der Waals surface area (Å²) in [6.45, 7) is 0. The number of rotatable bonds is 7. The Hall–Kier alpha value is -7.00. The molecule has 10 aromatic rings. The van der Waals surface area contributed by atoms with Crippen LogP contribution in [0.3, 0.4) is 0 Å². The van der Waals surface area contributed by atoms with Gasteiger partial charge in [-0.1, -0.05) is 188 Å². The molecule has 1 aliphatic rings. The molecule has 1 aliphatic carbocycles. The molecule has 0 bridgehead atoms. The van der Waals surface area contributed by atoms with Gasteiger partial charge in [-0.2, -0.15) is 0 Å². The predicted molar refractivity (Wildman–Crippen MR) is 242 cm³/mol. The number of nitrogens with zero attached hydrogens (tertiary/aromatic N) is 1. The molecule has 57 heavy (non-hydrogen) atoms. The zero-order valence-electron chi connectivity index (χ0n) is 31.2. The zero-order valence-corrected chi connectivity index (χ0v) is 32.0. The van der Waals surface area contributed by atoms with E-state index in [0.717, 1.165) is 17.1 Å². The average molecular weight is 744 g/mol. The molecular formula is C55H37NS. The fraction of sp³-hybridized carbons (Fsp3) is 0.0182. The molecule has 268 valence electrons. The number of benzene rings is 9. The van der Waals surface area contributed by atoms with Crippen LogP contribution < -0.4 is 4.90 Å². The number of anilines is 3.